The van der Waals surface area contributed by atoms with Crippen LogP contribution in [0.1, 0.15) is 52.7 Å². The van der Waals surface area contributed by atoms with E-state index < -0.39 is 0 Å². The van der Waals surface area contributed by atoms with Gasteiger partial charge in [-0.15, -0.1) is 0 Å². The molecule has 1 fully saturated rings. The van der Waals surface area contributed by atoms with Crippen molar-refractivity contribution in [3.63, 3.8) is 0 Å². The first-order valence-corrected chi connectivity index (χ1v) is 10.2. The highest BCUT2D eigenvalue weighted by Gasteiger charge is 2.36. The Labute approximate surface area is 169 Å². The van der Waals surface area contributed by atoms with E-state index in [1.54, 1.807) is 18.2 Å². The van der Waals surface area contributed by atoms with Crippen molar-refractivity contribution in [3.8, 4) is 11.5 Å². The Balaban J connectivity index is 1.50. The molecule has 0 radical (unpaired) electrons. The van der Waals surface area contributed by atoms with Crippen molar-refractivity contribution in [1.82, 2.24) is 4.90 Å². The first kappa shape index (κ1) is 17.8. The molecule has 1 aliphatic carbocycles. The molecule has 0 unspecified atom stereocenters. The monoisotopic (exact) mass is 395 g/mol. The molecule has 0 saturated heterocycles. The molecule has 2 aliphatic heterocycles. The number of rotatable bonds is 2. The molecular formula is C23H22ClNO3. The summed E-state index contributed by atoms with van der Waals surface area (Å²) >= 11 is 5.96. The number of carbonyl (C=O) groups is 1. The van der Waals surface area contributed by atoms with Crippen molar-refractivity contribution in [2.45, 2.75) is 45.2 Å². The third-order valence-electron chi connectivity index (χ3n) is 5.96. The maximum atomic E-state index is 13.0. The van der Waals surface area contributed by atoms with E-state index >= 15 is 0 Å². The van der Waals surface area contributed by atoms with Gasteiger partial charge in [0.2, 0.25) is 5.78 Å². The fraction of sp³-hybridized carbons (Fsp3) is 0.348. The second kappa shape index (κ2) is 6.94. The zero-order chi connectivity index (χ0) is 19.3. The second-order valence-electron chi connectivity index (χ2n) is 7.82. The van der Waals surface area contributed by atoms with Gasteiger partial charge in [0.15, 0.2) is 5.76 Å². The number of hydrogen-bond acceptors (Lipinski definition) is 4. The van der Waals surface area contributed by atoms with Crippen LogP contribution in [0.4, 0.5) is 0 Å². The van der Waals surface area contributed by atoms with Crippen LogP contribution in [-0.2, 0) is 6.54 Å². The molecule has 0 N–H and O–H groups in total. The van der Waals surface area contributed by atoms with Crippen LogP contribution in [-0.4, -0.2) is 23.5 Å². The molecular weight excluding hydrogens is 374 g/mol. The maximum absolute atomic E-state index is 13.0. The first-order chi connectivity index (χ1) is 13.6. The number of benzene rings is 2. The highest BCUT2D eigenvalue weighted by molar-refractivity contribution is 6.30. The summed E-state index contributed by atoms with van der Waals surface area (Å²) in [6, 6.07) is 9.91. The summed E-state index contributed by atoms with van der Waals surface area (Å²) in [4.78, 5) is 15.4. The van der Waals surface area contributed by atoms with Gasteiger partial charge in [0, 0.05) is 17.6 Å². The quantitative estimate of drug-likeness (QED) is 0.642. The number of hydrogen-bond donors (Lipinski definition) is 0. The van der Waals surface area contributed by atoms with E-state index in [1.807, 2.05) is 25.1 Å². The topological polar surface area (TPSA) is 38.8 Å². The van der Waals surface area contributed by atoms with Gasteiger partial charge in [-0.1, -0.05) is 36.6 Å². The van der Waals surface area contributed by atoms with Gasteiger partial charge in [-0.25, -0.2) is 0 Å². The fourth-order valence-electron chi connectivity index (χ4n) is 4.46. The van der Waals surface area contributed by atoms with Gasteiger partial charge in [0.1, 0.15) is 18.2 Å². The summed E-state index contributed by atoms with van der Waals surface area (Å²) in [6.07, 6.45) is 6.78. The number of nitrogens with zero attached hydrogens (tertiary/aromatic N) is 1. The highest BCUT2D eigenvalue weighted by Crippen LogP contribution is 2.44. The summed E-state index contributed by atoms with van der Waals surface area (Å²) in [5.41, 5.74) is 3.44. The minimum atomic E-state index is -0.0664. The van der Waals surface area contributed by atoms with Gasteiger partial charge >= 0.3 is 0 Å². The standard InChI is InChI=1S/C23H22ClNO3/c1-14-10-19-18(12-25(13-27-19)17-4-2-3-5-17)23-21(14)22(26)20(28-23)11-15-6-8-16(24)9-7-15/h6-11,17H,2-5,12-13H2,1H3/b20-11-. The van der Waals surface area contributed by atoms with Crippen molar-refractivity contribution >= 4 is 23.5 Å². The van der Waals surface area contributed by atoms with E-state index in [0.29, 0.717) is 34.9 Å². The number of carbonyl (C=O) groups excluding carboxylic acids is 1. The van der Waals surface area contributed by atoms with E-state index in [0.717, 1.165) is 29.0 Å². The molecule has 0 aromatic heterocycles. The van der Waals surface area contributed by atoms with Crippen LogP contribution in [0, 0.1) is 6.92 Å². The Morgan fingerprint density at radius 1 is 1.18 bits per heavy atom. The molecule has 5 heteroatoms. The van der Waals surface area contributed by atoms with E-state index in [4.69, 9.17) is 21.1 Å². The SMILES string of the molecule is Cc1cc2c(c3c1C(=O)/C(=C/c1ccc(Cl)cc1)O3)CN(C1CCCC1)CO2. The lowest BCUT2D eigenvalue weighted by atomic mass is 9.98. The van der Waals surface area contributed by atoms with E-state index in [9.17, 15) is 4.79 Å². The van der Waals surface area contributed by atoms with Gasteiger partial charge in [-0.3, -0.25) is 9.69 Å². The van der Waals surface area contributed by atoms with Crippen LogP contribution in [0.2, 0.25) is 5.02 Å². The van der Waals surface area contributed by atoms with Crippen molar-refractivity contribution < 1.29 is 14.3 Å². The van der Waals surface area contributed by atoms with E-state index in [2.05, 4.69) is 4.90 Å². The van der Waals surface area contributed by atoms with Crippen LogP contribution >= 0.6 is 11.6 Å². The lowest BCUT2D eigenvalue weighted by Crippen LogP contribution is -2.39. The summed E-state index contributed by atoms with van der Waals surface area (Å²) in [5, 5.41) is 0.665. The Bertz CT molecular complexity index is 974. The van der Waals surface area contributed by atoms with Crippen LogP contribution in [0.25, 0.3) is 6.08 Å². The number of ketones is 1. The minimum absolute atomic E-state index is 0.0664. The number of allylic oxidation sites excluding steroid dienone is 1. The summed E-state index contributed by atoms with van der Waals surface area (Å²) in [5.74, 6) is 1.80. The van der Waals surface area contributed by atoms with E-state index in [-0.39, 0.29) is 5.78 Å². The Hall–Kier alpha value is -2.30. The molecule has 1 saturated carbocycles. The van der Waals surface area contributed by atoms with Gasteiger partial charge < -0.3 is 9.47 Å². The van der Waals surface area contributed by atoms with Crippen molar-refractivity contribution in [2.24, 2.45) is 0 Å². The Morgan fingerprint density at radius 2 is 1.93 bits per heavy atom. The fourth-order valence-corrected chi connectivity index (χ4v) is 4.59. The molecule has 5 rings (SSSR count). The average molecular weight is 396 g/mol. The molecule has 2 heterocycles. The summed E-state index contributed by atoms with van der Waals surface area (Å²) in [6.45, 7) is 3.32. The third-order valence-corrected chi connectivity index (χ3v) is 6.21. The van der Waals surface area contributed by atoms with Crippen LogP contribution in [0.5, 0.6) is 11.5 Å². The number of fused-ring (bicyclic) bond motifs is 3. The molecule has 2 aromatic carbocycles. The van der Waals surface area contributed by atoms with Gasteiger partial charge in [-0.05, 0) is 55.2 Å². The number of aryl methyl sites for hydroxylation is 1. The molecule has 0 spiro atoms. The maximum Gasteiger partial charge on any atom is 0.232 e. The molecule has 28 heavy (non-hydrogen) atoms. The second-order valence-corrected chi connectivity index (χ2v) is 8.26. The molecule has 0 bridgehead atoms. The molecule has 0 atom stereocenters. The zero-order valence-corrected chi connectivity index (χ0v) is 16.6. The highest BCUT2D eigenvalue weighted by atomic mass is 35.5. The Kier molecular flexibility index (Phi) is 4.41. The van der Waals surface area contributed by atoms with Crippen molar-refractivity contribution in [2.75, 3.05) is 6.73 Å². The molecule has 4 nitrogen and oxygen atoms in total. The predicted octanol–water partition coefficient (Wildman–Crippen LogP) is 5.36. The lowest BCUT2D eigenvalue weighted by molar-refractivity contribution is 0.0567. The average Bonchev–Trinajstić information content (AvgIpc) is 3.33. The van der Waals surface area contributed by atoms with Crippen LogP contribution in [0.15, 0.2) is 36.1 Å². The molecule has 144 valence electrons. The first-order valence-electron chi connectivity index (χ1n) is 9.83. The summed E-state index contributed by atoms with van der Waals surface area (Å²) < 4.78 is 12.2. The number of halogens is 1. The Morgan fingerprint density at radius 3 is 2.68 bits per heavy atom. The normalized spacial score (nSPS) is 20.8. The smallest absolute Gasteiger partial charge is 0.232 e. The number of Topliss-reactive ketones (excluding diaryl/α,β-unsaturated/α-hetero) is 1. The van der Waals surface area contributed by atoms with E-state index in [1.165, 1.54) is 25.7 Å². The molecule has 3 aliphatic rings. The lowest BCUT2D eigenvalue weighted by Gasteiger charge is -2.34. The predicted molar refractivity (Wildman–Crippen MR) is 109 cm³/mol. The molecule has 0 amide bonds. The van der Waals surface area contributed by atoms with Crippen LogP contribution in [0.3, 0.4) is 0 Å². The minimum Gasteiger partial charge on any atom is -0.478 e. The molecule has 2 aromatic rings. The van der Waals surface area contributed by atoms with Gasteiger partial charge in [0.05, 0.1) is 11.1 Å². The third kappa shape index (κ3) is 3.01. The van der Waals surface area contributed by atoms with Crippen molar-refractivity contribution in [3.05, 3.63) is 63.4 Å². The largest absolute Gasteiger partial charge is 0.478 e. The van der Waals surface area contributed by atoms with Crippen LogP contribution < -0.4 is 9.47 Å². The van der Waals surface area contributed by atoms with Gasteiger partial charge in [0.25, 0.3) is 0 Å². The van der Waals surface area contributed by atoms with Gasteiger partial charge in [-0.2, -0.15) is 0 Å². The summed E-state index contributed by atoms with van der Waals surface area (Å²) in [7, 11) is 0. The van der Waals surface area contributed by atoms with Crippen molar-refractivity contribution in [1.29, 1.82) is 0 Å². The zero-order valence-electron chi connectivity index (χ0n) is 15.8. The number of ether oxygens (including phenoxy) is 2.